The van der Waals surface area contributed by atoms with Crippen LogP contribution in [0, 0.1) is 52.3 Å². The van der Waals surface area contributed by atoms with E-state index in [4.69, 9.17) is 4.74 Å². The van der Waals surface area contributed by atoms with Gasteiger partial charge in [-0.3, -0.25) is 0 Å². The van der Waals surface area contributed by atoms with E-state index in [1.54, 1.807) is 0 Å². The van der Waals surface area contributed by atoms with E-state index in [1.165, 1.54) is 51.4 Å². The highest BCUT2D eigenvalue weighted by atomic mass is 16.5. The summed E-state index contributed by atoms with van der Waals surface area (Å²) in [6.45, 7) is 12.5. The maximum Gasteiger partial charge on any atom is 0.0618 e. The largest absolute Gasteiger partial charge is 0.393 e. The van der Waals surface area contributed by atoms with Crippen LogP contribution in [-0.2, 0) is 4.74 Å². The lowest BCUT2D eigenvalue weighted by Gasteiger charge is -2.61. The fraction of sp³-hybridized carbons (Fsp3) is 1.00. The number of aliphatic hydroxyl groups is 1. The summed E-state index contributed by atoms with van der Waals surface area (Å²) in [6, 6.07) is 0. The molecule has 4 saturated carbocycles. The molecule has 1 saturated heterocycles. The third-order valence-corrected chi connectivity index (χ3v) is 11.3. The Bertz CT molecular complexity index is 616. The summed E-state index contributed by atoms with van der Waals surface area (Å²) in [5, 5.41) is 10.3. The van der Waals surface area contributed by atoms with E-state index < -0.39 is 0 Å². The van der Waals surface area contributed by atoms with Crippen molar-refractivity contribution in [1.82, 2.24) is 0 Å². The molecule has 2 heteroatoms. The van der Waals surface area contributed by atoms with Crippen molar-refractivity contribution < 1.29 is 9.84 Å². The highest BCUT2D eigenvalue weighted by Gasteiger charge is 2.65. The van der Waals surface area contributed by atoms with E-state index in [2.05, 4.69) is 34.6 Å². The van der Waals surface area contributed by atoms with E-state index in [0.717, 1.165) is 54.3 Å². The Kier molecular flexibility index (Phi) is 5.18. The van der Waals surface area contributed by atoms with E-state index in [1.807, 2.05) is 0 Å². The lowest BCUT2D eigenvalue weighted by Crippen LogP contribution is -2.54. The van der Waals surface area contributed by atoms with Crippen molar-refractivity contribution in [3.8, 4) is 0 Å². The standard InChI is InChI=1S/C27H46O2/c1-16(2)6-9-23-17(3)25-24(29-23)15-22-20-8-7-18-14-19(28)10-12-26(18,4)21(20)11-13-27(22,25)5/h16-25,28H,6-15H2,1-5H3. The molecule has 5 rings (SSSR count). The van der Waals surface area contributed by atoms with Gasteiger partial charge in [0, 0.05) is 0 Å². The van der Waals surface area contributed by atoms with Crippen LogP contribution in [0.3, 0.4) is 0 Å². The average molecular weight is 403 g/mol. The molecule has 5 fully saturated rings. The maximum absolute atomic E-state index is 10.3. The lowest BCUT2D eigenvalue weighted by atomic mass is 9.44. The van der Waals surface area contributed by atoms with Gasteiger partial charge in [0.2, 0.25) is 0 Å². The van der Waals surface area contributed by atoms with Gasteiger partial charge >= 0.3 is 0 Å². The molecule has 29 heavy (non-hydrogen) atoms. The van der Waals surface area contributed by atoms with Gasteiger partial charge in [0.25, 0.3) is 0 Å². The van der Waals surface area contributed by atoms with Crippen LogP contribution in [0.2, 0.25) is 0 Å². The summed E-state index contributed by atoms with van der Waals surface area (Å²) in [7, 11) is 0. The number of fused-ring (bicyclic) bond motifs is 7. The van der Waals surface area contributed by atoms with Crippen LogP contribution in [0.25, 0.3) is 0 Å². The predicted octanol–water partition coefficient (Wildman–Crippen LogP) is 6.46. The highest BCUT2D eigenvalue weighted by Crippen LogP contribution is 2.70. The molecule has 0 aromatic carbocycles. The molecule has 0 radical (unpaired) electrons. The average Bonchev–Trinajstić information content (AvgIpc) is 3.14. The van der Waals surface area contributed by atoms with Crippen molar-refractivity contribution in [3.63, 3.8) is 0 Å². The van der Waals surface area contributed by atoms with E-state index in [0.29, 0.717) is 23.0 Å². The fourth-order valence-corrected chi connectivity index (χ4v) is 9.75. The minimum absolute atomic E-state index is 0.0265. The first-order valence-electron chi connectivity index (χ1n) is 13.1. The first-order valence-corrected chi connectivity index (χ1v) is 13.1. The van der Waals surface area contributed by atoms with E-state index in [9.17, 15) is 5.11 Å². The van der Waals surface area contributed by atoms with Crippen molar-refractivity contribution in [3.05, 3.63) is 0 Å². The van der Waals surface area contributed by atoms with Crippen LogP contribution in [0.4, 0.5) is 0 Å². The van der Waals surface area contributed by atoms with Crippen LogP contribution >= 0.6 is 0 Å². The smallest absolute Gasteiger partial charge is 0.0618 e. The summed E-state index contributed by atoms with van der Waals surface area (Å²) < 4.78 is 6.80. The van der Waals surface area contributed by atoms with Gasteiger partial charge in [0.05, 0.1) is 18.3 Å². The van der Waals surface area contributed by atoms with E-state index >= 15 is 0 Å². The molecule has 11 atom stereocenters. The normalized spacial score (nSPS) is 56.6. The second-order valence-corrected chi connectivity index (χ2v) is 12.9. The Morgan fingerprint density at radius 2 is 1.72 bits per heavy atom. The molecule has 1 N–H and O–H groups in total. The third kappa shape index (κ3) is 3.09. The molecule has 2 nitrogen and oxygen atoms in total. The summed E-state index contributed by atoms with van der Waals surface area (Å²) >= 11 is 0. The van der Waals surface area contributed by atoms with Crippen LogP contribution in [0.15, 0.2) is 0 Å². The van der Waals surface area contributed by atoms with Crippen LogP contribution in [0.1, 0.15) is 98.8 Å². The molecule has 0 aromatic heterocycles. The minimum atomic E-state index is -0.0265. The number of ether oxygens (including phenoxy) is 1. The highest BCUT2D eigenvalue weighted by molar-refractivity contribution is 5.14. The topological polar surface area (TPSA) is 29.5 Å². The van der Waals surface area contributed by atoms with Gasteiger partial charge in [-0.1, -0.05) is 34.6 Å². The molecule has 11 unspecified atom stereocenters. The van der Waals surface area contributed by atoms with Gasteiger partial charge in [0.15, 0.2) is 0 Å². The zero-order chi connectivity index (χ0) is 20.6. The van der Waals surface area contributed by atoms with Gasteiger partial charge in [-0.15, -0.1) is 0 Å². The molecule has 5 aliphatic rings. The van der Waals surface area contributed by atoms with Gasteiger partial charge < -0.3 is 9.84 Å². The monoisotopic (exact) mass is 402 g/mol. The van der Waals surface area contributed by atoms with E-state index in [-0.39, 0.29) is 6.10 Å². The Morgan fingerprint density at radius 1 is 0.966 bits per heavy atom. The summed E-state index contributed by atoms with van der Waals surface area (Å²) in [5.74, 6) is 5.79. The molecular formula is C27H46O2. The van der Waals surface area contributed by atoms with Crippen LogP contribution < -0.4 is 0 Å². The number of hydrogen-bond acceptors (Lipinski definition) is 2. The quantitative estimate of drug-likeness (QED) is 0.587. The molecule has 0 aromatic rings. The second-order valence-electron chi connectivity index (χ2n) is 12.9. The predicted molar refractivity (Wildman–Crippen MR) is 119 cm³/mol. The molecule has 0 spiro atoms. The van der Waals surface area contributed by atoms with Crippen molar-refractivity contribution in [2.24, 2.45) is 52.3 Å². The van der Waals surface area contributed by atoms with Crippen LogP contribution in [0.5, 0.6) is 0 Å². The number of rotatable bonds is 3. The Hall–Kier alpha value is -0.0800. The zero-order valence-electron chi connectivity index (χ0n) is 19.7. The van der Waals surface area contributed by atoms with Gasteiger partial charge in [0.1, 0.15) is 0 Å². The Balaban J connectivity index is 1.35. The summed E-state index contributed by atoms with van der Waals surface area (Å²) in [4.78, 5) is 0. The molecule has 1 aliphatic heterocycles. The van der Waals surface area contributed by atoms with Crippen molar-refractivity contribution in [2.45, 2.75) is 117 Å². The summed E-state index contributed by atoms with van der Waals surface area (Å²) in [5.41, 5.74) is 1.00. The Morgan fingerprint density at radius 3 is 2.48 bits per heavy atom. The maximum atomic E-state index is 10.3. The minimum Gasteiger partial charge on any atom is -0.393 e. The lowest BCUT2D eigenvalue weighted by molar-refractivity contribution is -0.130. The fourth-order valence-electron chi connectivity index (χ4n) is 9.75. The van der Waals surface area contributed by atoms with Crippen molar-refractivity contribution in [1.29, 1.82) is 0 Å². The zero-order valence-corrected chi connectivity index (χ0v) is 19.7. The first kappa shape index (κ1) is 20.8. The summed E-state index contributed by atoms with van der Waals surface area (Å²) in [6.07, 6.45) is 14.0. The molecule has 166 valence electrons. The SMILES string of the molecule is CC(C)CCC1OC2CC3C4CCC5CC(O)CCC5(C)C4CCC3(C)C2C1C. The molecule has 1 heterocycles. The molecule has 4 aliphatic carbocycles. The van der Waals surface area contributed by atoms with Gasteiger partial charge in [-0.05, 0) is 116 Å². The third-order valence-electron chi connectivity index (χ3n) is 11.3. The van der Waals surface area contributed by atoms with Crippen molar-refractivity contribution >= 4 is 0 Å². The molecular weight excluding hydrogens is 356 g/mol. The number of hydrogen-bond donors (Lipinski definition) is 1. The van der Waals surface area contributed by atoms with Gasteiger partial charge in [-0.2, -0.15) is 0 Å². The van der Waals surface area contributed by atoms with Gasteiger partial charge in [-0.25, -0.2) is 0 Å². The number of aliphatic hydroxyl groups excluding tert-OH is 1. The molecule has 0 amide bonds. The molecule has 0 bridgehead atoms. The first-order chi connectivity index (χ1) is 13.7. The van der Waals surface area contributed by atoms with Crippen molar-refractivity contribution in [2.75, 3.05) is 0 Å². The second kappa shape index (κ2) is 7.22. The van der Waals surface area contributed by atoms with Crippen LogP contribution in [-0.4, -0.2) is 23.4 Å². The Labute approximate surface area is 179 Å².